The monoisotopic (exact) mass is 782 g/mol. The van der Waals surface area contributed by atoms with Crippen LogP contribution in [0.15, 0.2) is 84.8 Å². The number of rotatable bonds is 14. The molecule has 3 N–H and O–H groups in total. The Bertz CT molecular complexity index is 2190. The molecule has 2 aliphatic carbocycles. The summed E-state index contributed by atoms with van der Waals surface area (Å²) in [7, 11) is -3.87. The number of hydrogen-bond acceptors (Lipinski definition) is 10. The minimum Gasteiger partial charge on any atom is -0.472 e. The van der Waals surface area contributed by atoms with Crippen molar-refractivity contribution in [1.82, 2.24) is 24.9 Å². The Morgan fingerprint density at radius 3 is 2.42 bits per heavy atom. The fourth-order valence-corrected chi connectivity index (χ4v) is 9.32. The molecule has 0 radical (unpaired) electrons. The minimum absolute atomic E-state index is 0.0633. The van der Waals surface area contributed by atoms with Crippen LogP contribution < -0.4 is 20.1 Å². The molecule has 1 unspecified atom stereocenters. The Hall–Kier alpha value is -5.08. The highest BCUT2D eigenvalue weighted by Gasteiger charge is 2.62. The molecule has 1 saturated heterocycles. The molecule has 55 heavy (non-hydrogen) atoms. The van der Waals surface area contributed by atoms with Gasteiger partial charge in [-0.05, 0) is 79.8 Å². The fourth-order valence-electron chi connectivity index (χ4n) is 7.24. The van der Waals surface area contributed by atoms with Gasteiger partial charge >= 0.3 is 0 Å². The van der Waals surface area contributed by atoms with Crippen molar-refractivity contribution in [3.63, 3.8) is 0 Å². The Morgan fingerprint density at radius 2 is 1.78 bits per heavy atom. The van der Waals surface area contributed by atoms with Gasteiger partial charge in [-0.15, -0.1) is 17.9 Å². The number of aromatic nitrogens is 2. The van der Waals surface area contributed by atoms with Crippen molar-refractivity contribution < 1.29 is 27.5 Å². The van der Waals surface area contributed by atoms with E-state index in [1.807, 2.05) is 99.8 Å². The van der Waals surface area contributed by atoms with E-state index in [1.54, 1.807) is 17.4 Å². The summed E-state index contributed by atoms with van der Waals surface area (Å²) < 4.78 is 34.3. The average molecular weight is 783 g/mol. The fraction of sp³-hybridized carbons (Fsp3) is 0.390. The number of carbonyl (C=O) groups is 3. The number of aryl methyl sites for hydroxylation is 2. The molecular formula is C41H46N6O6S2. The van der Waals surface area contributed by atoms with Gasteiger partial charge in [0.1, 0.15) is 29.5 Å². The lowest BCUT2D eigenvalue weighted by atomic mass is 10.0. The topological polar surface area (TPSA) is 160 Å². The number of pyridine rings is 2. The van der Waals surface area contributed by atoms with Crippen LogP contribution in [0.3, 0.4) is 0 Å². The Kier molecular flexibility index (Phi) is 10.6. The molecule has 12 nitrogen and oxygen atoms in total. The van der Waals surface area contributed by atoms with Crippen LogP contribution >= 0.6 is 11.3 Å². The van der Waals surface area contributed by atoms with E-state index < -0.39 is 56.7 Å². The molecule has 14 heteroatoms. The summed E-state index contributed by atoms with van der Waals surface area (Å²) in [6.07, 6.45) is 2.15. The van der Waals surface area contributed by atoms with E-state index in [9.17, 15) is 22.8 Å². The standard InChI is InChI=1S/C41H46N6O6S2/c1-6-29-22-41(29,40(50)46-55(51,52)31-14-15-31)45-38(48)33-21-30(23-47(33)39(49)37(24(2)3)44-35-18-25(4)17-26(5)42-35)53-36-20-28(34-13-10-16-54-34)19-32(43-36)27-11-8-7-9-12-27/h6-13,16-20,24,29-31,33,37H,1,14-15,21-23H2,2-5H3,(H,42,44)(H,45,48)(H,46,50)/t29-,30-,33+,37?,41-/m1/s1. The van der Waals surface area contributed by atoms with Gasteiger partial charge in [-0.2, -0.15) is 0 Å². The number of amides is 3. The third-order valence-corrected chi connectivity index (χ3v) is 13.1. The van der Waals surface area contributed by atoms with Crippen LogP contribution in [0.1, 0.15) is 50.8 Å². The molecule has 4 heterocycles. The molecular weight excluding hydrogens is 737 g/mol. The molecule has 1 aromatic carbocycles. The van der Waals surface area contributed by atoms with Crippen LogP contribution in [0, 0.1) is 25.7 Å². The van der Waals surface area contributed by atoms with Gasteiger partial charge in [-0.3, -0.25) is 19.1 Å². The second kappa shape index (κ2) is 15.2. The van der Waals surface area contributed by atoms with E-state index in [0.29, 0.717) is 30.2 Å². The summed E-state index contributed by atoms with van der Waals surface area (Å²) in [6.45, 7) is 11.6. The van der Waals surface area contributed by atoms with Gasteiger partial charge in [0.2, 0.25) is 27.7 Å². The van der Waals surface area contributed by atoms with E-state index >= 15 is 0 Å². The highest BCUT2D eigenvalue weighted by molar-refractivity contribution is 7.91. The predicted octanol–water partition coefficient (Wildman–Crippen LogP) is 5.64. The molecule has 1 aliphatic heterocycles. The Labute approximate surface area is 325 Å². The predicted molar refractivity (Wildman–Crippen MR) is 213 cm³/mol. The minimum atomic E-state index is -3.87. The number of carbonyl (C=O) groups excluding carboxylic acids is 3. The molecule has 288 valence electrons. The number of thiophene rings is 1. The van der Waals surface area contributed by atoms with Gasteiger partial charge in [-0.1, -0.05) is 56.3 Å². The van der Waals surface area contributed by atoms with Crippen LogP contribution in [-0.2, 0) is 24.4 Å². The second-order valence-corrected chi connectivity index (χ2v) is 18.0. The molecule has 5 atom stereocenters. The average Bonchev–Trinajstić information content (AvgIpc) is 4.02. The number of anilines is 1. The zero-order chi connectivity index (χ0) is 39.1. The maximum Gasteiger partial charge on any atom is 0.259 e. The SMILES string of the molecule is C=C[C@@H]1C[C@]1(NC(=O)[C@@H]1C[C@@H](Oc2cc(-c3cccs3)cc(-c3ccccc3)n2)CN1C(=O)C(Nc1cc(C)cc(C)n1)C(C)C)C(=O)NS(=O)(=O)C1CC1. The lowest BCUT2D eigenvalue weighted by Crippen LogP contribution is -2.58. The van der Waals surface area contributed by atoms with Crippen LogP contribution in [0.2, 0.25) is 0 Å². The van der Waals surface area contributed by atoms with Crippen molar-refractivity contribution in [3.05, 3.63) is 96.0 Å². The van der Waals surface area contributed by atoms with Crippen LogP contribution in [0.25, 0.3) is 21.7 Å². The number of likely N-dealkylation sites (tertiary alicyclic amines) is 1. The Balaban J connectivity index is 1.19. The van der Waals surface area contributed by atoms with Gasteiger partial charge in [0, 0.05) is 34.5 Å². The molecule has 0 bridgehead atoms. The summed E-state index contributed by atoms with van der Waals surface area (Å²) in [4.78, 5) is 54.6. The first-order valence-electron chi connectivity index (χ1n) is 18.6. The Morgan fingerprint density at radius 1 is 1.02 bits per heavy atom. The smallest absolute Gasteiger partial charge is 0.259 e. The first-order valence-corrected chi connectivity index (χ1v) is 21.0. The first kappa shape index (κ1) is 38.2. The van der Waals surface area contributed by atoms with Crippen molar-refractivity contribution >= 4 is 44.9 Å². The zero-order valence-corrected chi connectivity index (χ0v) is 33.0. The number of hydrogen-bond donors (Lipinski definition) is 3. The van der Waals surface area contributed by atoms with Gasteiger partial charge in [0.15, 0.2) is 0 Å². The summed E-state index contributed by atoms with van der Waals surface area (Å²) in [5.41, 5.74) is 2.81. The number of sulfonamides is 1. The lowest BCUT2D eigenvalue weighted by Gasteiger charge is -2.31. The van der Waals surface area contributed by atoms with Crippen molar-refractivity contribution in [3.8, 4) is 27.6 Å². The zero-order valence-electron chi connectivity index (χ0n) is 31.3. The molecule has 2 saturated carbocycles. The molecule has 3 aliphatic rings. The number of nitrogens with zero attached hydrogens (tertiary/aromatic N) is 3. The third-order valence-electron chi connectivity index (χ3n) is 10.4. The maximum absolute atomic E-state index is 14.6. The molecule has 0 spiro atoms. The summed E-state index contributed by atoms with van der Waals surface area (Å²) in [5.74, 6) is -1.51. The number of nitrogens with one attached hydrogen (secondary N) is 3. The molecule has 3 aromatic heterocycles. The van der Waals surface area contributed by atoms with Gasteiger partial charge in [-0.25, -0.2) is 18.4 Å². The van der Waals surface area contributed by atoms with Crippen molar-refractivity contribution in [2.45, 2.75) is 82.4 Å². The van der Waals surface area contributed by atoms with E-state index in [1.165, 1.54) is 4.90 Å². The van der Waals surface area contributed by atoms with Gasteiger partial charge < -0.3 is 20.3 Å². The van der Waals surface area contributed by atoms with Crippen LogP contribution in [-0.4, -0.2) is 76.5 Å². The van der Waals surface area contributed by atoms with E-state index in [2.05, 4.69) is 26.9 Å². The highest BCUT2D eigenvalue weighted by Crippen LogP contribution is 2.45. The molecule has 4 aromatic rings. The van der Waals surface area contributed by atoms with E-state index in [0.717, 1.165) is 27.3 Å². The number of ether oxygens (including phenoxy) is 1. The van der Waals surface area contributed by atoms with Crippen LogP contribution in [0.5, 0.6) is 5.88 Å². The first-order chi connectivity index (χ1) is 26.3. The molecule has 7 rings (SSSR count). The lowest BCUT2D eigenvalue weighted by molar-refractivity contribution is -0.140. The molecule has 3 amide bonds. The van der Waals surface area contributed by atoms with Crippen LogP contribution in [0.4, 0.5) is 5.82 Å². The largest absolute Gasteiger partial charge is 0.472 e. The van der Waals surface area contributed by atoms with E-state index in [-0.39, 0.29) is 31.2 Å². The van der Waals surface area contributed by atoms with Gasteiger partial charge in [0.05, 0.1) is 17.5 Å². The summed E-state index contributed by atoms with van der Waals surface area (Å²) >= 11 is 1.59. The number of benzene rings is 1. The normalized spacial score (nSPS) is 22.5. The maximum atomic E-state index is 14.6. The van der Waals surface area contributed by atoms with Gasteiger partial charge in [0.25, 0.3) is 5.91 Å². The van der Waals surface area contributed by atoms with Crippen molar-refractivity contribution in [1.29, 1.82) is 0 Å². The highest BCUT2D eigenvalue weighted by atomic mass is 32.2. The summed E-state index contributed by atoms with van der Waals surface area (Å²) in [5, 5.41) is 7.57. The van der Waals surface area contributed by atoms with Crippen molar-refractivity contribution in [2.24, 2.45) is 11.8 Å². The van der Waals surface area contributed by atoms with Crippen molar-refractivity contribution in [2.75, 3.05) is 11.9 Å². The molecule has 3 fully saturated rings. The van der Waals surface area contributed by atoms with E-state index in [4.69, 9.17) is 9.72 Å². The third kappa shape index (κ3) is 8.30. The second-order valence-electron chi connectivity index (χ2n) is 15.1. The quantitative estimate of drug-likeness (QED) is 0.138. The summed E-state index contributed by atoms with van der Waals surface area (Å²) in [6, 6.07) is 19.7.